The van der Waals surface area contributed by atoms with Crippen molar-refractivity contribution in [2.45, 2.75) is 19.8 Å². The first-order valence-electron chi connectivity index (χ1n) is 8.59. The molecular formula is C19H21F2N3O2. The van der Waals surface area contributed by atoms with Gasteiger partial charge in [0, 0.05) is 24.8 Å². The number of urea groups is 1. The molecule has 1 fully saturated rings. The summed E-state index contributed by atoms with van der Waals surface area (Å²) in [6.45, 7) is 3.50. The van der Waals surface area contributed by atoms with Gasteiger partial charge >= 0.3 is 6.03 Å². The van der Waals surface area contributed by atoms with Gasteiger partial charge in [-0.25, -0.2) is 18.6 Å². The molecule has 138 valence electrons. The smallest absolute Gasteiger partial charge is 0.322 e. The van der Waals surface area contributed by atoms with Crippen LogP contribution in [0.15, 0.2) is 36.5 Å². The maximum Gasteiger partial charge on any atom is 0.322 e. The van der Waals surface area contributed by atoms with Crippen molar-refractivity contribution in [1.82, 2.24) is 9.88 Å². The summed E-state index contributed by atoms with van der Waals surface area (Å²) >= 11 is 0. The Morgan fingerprint density at radius 3 is 2.58 bits per heavy atom. The number of para-hydroxylation sites is 1. The molecule has 7 heteroatoms. The second-order valence-corrected chi connectivity index (χ2v) is 6.39. The molecule has 1 N–H and O–H groups in total. The number of nitrogens with zero attached hydrogens (tertiary/aromatic N) is 2. The van der Waals surface area contributed by atoms with Crippen LogP contribution in [-0.4, -0.2) is 35.6 Å². The van der Waals surface area contributed by atoms with E-state index in [2.05, 4.69) is 10.3 Å². The van der Waals surface area contributed by atoms with Crippen LogP contribution >= 0.6 is 0 Å². The van der Waals surface area contributed by atoms with Crippen LogP contribution in [0.5, 0.6) is 5.88 Å². The highest BCUT2D eigenvalue weighted by Crippen LogP contribution is 2.22. The Labute approximate surface area is 151 Å². The van der Waals surface area contributed by atoms with E-state index >= 15 is 0 Å². The number of pyridine rings is 1. The average molecular weight is 361 g/mol. The lowest BCUT2D eigenvalue weighted by atomic mass is 9.98. The minimum atomic E-state index is -0.785. The molecule has 2 aromatic rings. The molecule has 1 aromatic carbocycles. The van der Waals surface area contributed by atoms with Crippen LogP contribution in [0.4, 0.5) is 19.3 Å². The number of halogens is 2. The summed E-state index contributed by atoms with van der Waals surface area (Å²) in [7, 11) is 0. The van der Waals surface area contributed by atoms with E-state index in [0.717, 1.165) is 30.5 Å². The number of ether oxygens (including phenoxy) is 1. The fourth-order valence-electron chi connectivity index (χ4n) is 2.93. The van der Waals surface area contributed by atoms with Crippen LogP contribution in [0.3, 0.4) is 0 Å². The minimum Gasteiger partial charge on any atom is -0.477 e. The number of hydrogen-bond donors (Lipinski definition) is 1. The van der Waals surface area contributed by atoms with E-state index in [1.54, 1.807) is 11.1 Å². The highest BCUT2D eigenvalue weighted by atomic mass is 19.1. The topological polar surface area (TPSA) is 54.5 Å². The fourth-order valence-corrected chi connectivity index (χ4v) is 2.93. The molecule has 0 spiro atoms. The van der Waals surface area contributed by atoms with Crippen molar-refractivity contribution >= 4 is 11.7 Å². The molecular weight excluding hydrogens is 340 g/mol. The summed E-state index contributed by atoms with van der Waals surface area (Å²) in [6.07, 6.45) is 3.22. The summed E-state index contributed by atoms with van der Waals surface area (Å²) < 4.78 is 33.0. The largest absolute Gasteiger partial charge is 0.477 e. The zero-order valence-corrected chi connectivity index (χ0v) is 14.5. The highest BCUT2D eigenvalue weighted by molar-refractivity contribution is 5.89. The van der Waals surface area contributed by atoms with E-state index in [9.17, 15) is 13.6 Å². The van der Waals surface area contributed by atoms with Crippen molar-refractivity contribution < 1.29 is 18.3 Å². The number of anilines is 1. The quantitative estimate of drug-likeness (QED) is 0.896. The summed E-state index contributed by atoms with van der Waals surface area (Å²) in [5, 5.41) is 2.32. The molecule has 2 amide bonds. The Balaban J connectivity index is 1.49. The molecule has 1 aromatic heterocycles. The molecule has 0 unspecified atom stereocenters. The predicted octanol–water partition coefficient (Wildman–Crippen LogP) is 3.99. The summed E-state index contributed by atoms with van der Waals surface area (Å²) in [5.74, 6) is -0.631. The van der Waals surface area contributed by atoms with Gasteiger partial charge in [-0.05, 0) is 43.9 Å². The number of piperidine rings is 1. The van der Waals surface area contributed by atoms with E-state index in [0.29, 0.717) is 31.5 Å². The van der Waals surface area contributed by atoms with Crippen molar-refractivity contribution in [3.63, 3.8) is 0 Å². The van der Waals surface area contributed by atoms with Gasteiger partial charge in [-0.1, -0.05) is 12.1 Å². The molecule has 26 heavy (non-hydrogen) atoms. The Kier molecular flexibility index (Phi) is 5.65. The van der Waals surface area contributed by atoms with Crippen LogP contribution in [0.25, 0.3) is 0 Å². The second-order valence-electron chi connectivity index (χ2n) is 6.39. The molecule has 0 aliphatic carbocycles. The number of hydrogen-bond acceptors (Lipinski definition) is 3. The molecule has 2 heterocycles. The summed E-state index contributed by atoms with van der Waals surface area (Å²) in [5.41, 5.74) is 0.574. The average Bonchev–Trinajstić information content (AvgIpc) is 2.64. The summed E-state index contributed by atoms with van der Waals surface area (Å²) in [6, 6.07) is 6.79. The molecule has 1 aliphatic rings. The Morgan fingerprint density at radius 2 is 1.92 bits per heavy atom. The number of carbonyl (C=O) groups excluding carboxylic acids is 1. The molecule has 0 bridgehead atoms. The van der Waals surface area contributed by atoms with E-state index in [1.807, 2.05) is 19.1 Å². The molecule has 1 saturated heterocycles. The third-order valence-electron chi connectivity index (χ3n) is 4.51. The number of aryl methyl sites for hydroxylation is 1. The highest BCUT2D eigenvalue weighted by Gasteiger charge is 2.24. The van der Waals surface area contributed by atoms with Crippen LogP contribution in [0, 0.1) is 24.5 Å². The number of benzene rings is 1. The maximum absolute atomic E-state index is 13.6. The van der Waals surface area contributed by atoms with E-state index < -0.39 is 23.4 Å². The lowest BCUT2D eigenvalue weighted by Gasteiger charge is -2.32. The van der Waals surface area contributed by atoms with Crippen molar-refractivity contribution in [2.24, 2.45) is 5.92 Å². The number of likely N-dealkylation sites (tertiary alicyclic amines) is 1. The minimum absolute atomic E-state index is 0.311. The number of aromatic nitrogens is 1. The first-order chi connectivity index (χ1) is 12.5. The van der Waals surface area contributed by atoms with Crippen molar-refractivity contribution in [2.75, 3.05) is 25.0 Å². The Bertz CT molecular complexity index is 757. The van der Waals surface area contributed by atoms with Crippen molar-refractivity contribution in [1.29, 1.82) is 0 Å². The lowest BCUT2D eigenvalue weighted by molar-refractivity contribution is 0.150. The first-order valence-corrected chi connectivity index (χ1v) is 8.59. The van der Waals surface area contributed by atoms with Crippen LogP contribution in [-0.2, 0) is 0 Å². The third-order valence-corrected chi connectivity index (χ3v) is 4.51. The zero-order valence-electron chi connectivity index (χ0n) is 14.5. The van der Waals surface area contributed by atoms with Gasteiger partial charge in [-0.3, -0.25) is 0 Å². The van der Waals surface area contributed by atoms with Gasteiger partial charge in [0.1, 0.15) is 17.3 Å². The molecule has 0 radical (unpaired) electrons. The van der Waals surface area contributed by atoms with Crippen LogP contribution in [0.1, 0.15) is 18.4 Å². The molecule has 0 atom stereocenters. The normalized spacial score (nSPS) is 15.0. The Hall–Kier alpha value is -2.70. The van der Waals surface area contributed by atoms with Crippen molar-refractivity contribution in [3.05, 3.63) is 53.7 Å². The van der Waals surface area contributed by atoms with Gasteiger partial charge in [0.05, 0.1) is 6.61 Å². The van der Waals surface area contributed by atoms with Gasteiger partial charge in [0.2, 0.25) is 5.88 Å². The van der Waals surface area contributed by atoms with Gasteiger partial charge in [0.15, 0.2) is 0 Å². The molecule has 5 nitrogen and oxygen atoms in total. The number of nitrogens with one attached hydrogen (secondary N) is 1. The number of rotatable bonds is 4. The third kappa shape index (κ3) is 4.28. The SMILES string of the molecule is Cc1cccnc1OCC1CCN(C(=O)Nc2c(F)cccc2F)CC1. The van der Waals surface area contributed by atoms with E-state index in [4.69, 9.17) is 4.74 Å². The van der Waals surface area contributed by atoms with Gasteiger partial charge < -0.3 is 15.0 Å². The van der Waals surface area contributed by atoms with Crippen LogP contribution < -0.4 is 10.1 Å². The lowest BCUT2D eigenvalue weighted by Crippen LogP contribution is -2.42. The predicted molar refractivity (Wildman–Crippen MR) is 94.1 cm³/mol. The van der Waals surface area contributed by atoms with Gasteiger partial charge in [0.25, 0.3) is 0 Å². The van der Waals surface area contributed by atoms with E-state index in [1.165, 1.54) is 6.07 Å². The number of carbonyl (C=O) groups is 1. The Morgan fingerprint density at radius 1 is 1.23 bits per heavy atom. The summed E-state index contributed by atoms with van der Waals surface area (Å²) in [4.78, 5) is 18.0. The maximum atomic E-state index is 13.6. The standard InChI is InChI=1S/C19H21F2N3O2/c1-13-4-3-9-22-18(13)26-12-14-7-10-24(11-8-14)19(25)23-17-15(20)5-2-6-16(17)21/h2-6,9,14H,7-8,10-12H2,1H3,(H,23,25). The number of amides is 2. The second kappa shape index (κ2) is 8.12. The van der Waals surface area contributed by atoms with Gasteiger partial charge in [-0.15, -0.1) is 0 Å². The molecule has 1 aliphatic heterocycles. The monoisotopic (exact) mass is 361 g/mol. The zero-order chi connectivity index (χ0) is 18.5. The fraction of sp³-hybridized carbons (Fsp3) is 0.368. The first kappa shape index (κ1) is 18.1. The van der Waals surface area contributed by atoms with Gasteiger partial charge in [-0.2, -0.15) is 0 Å². The van der Waals surface area contributed by atoms with Crippen LogP contribution in [0.2, 0.25) is 0 Å². The molecule has 3 rings (SSSR count). The molecule has 0 saturated carbocycles. The van der Waals surface area contributed by atoms with Crippen molar-refractivity contribution in [3.8, 4) is 5.88 Å². The van der Waals surface area contributed by atoms with E-state index in [-0.39, 0.29) is 0 Å².